The van der Waals surface area contributed by atoms with E-state index in [1.807, 2.05) is 19.1 Å². The number of nitrogens with zero attached hydrogens (tertiary/aromatic N) is 1. The van der Waals surface area contributed by atoms with Gasteiger partial charge in [0.25, 0.3) is 0 Å². The van der Waals surface area contributed by atoms with Crippen LogP contribution in [0.1, 0.15) is 35.7 Å². The second kappa shape index (κ2) is 4.16. The summed E-state index contributed by atoms with van der Waals surface area (Å²) in [5.74, 6) is -0.841. The first-order valence-corrected chi connectivity index (χ1v) is 5.71. The highest BCUT2D eigenvalue weighted by atomic mass is 16.4. The molecule has 1 aromatic carbocycles. The van der Waals surface area contributed by atoms with Crippen molar-refractivity contribution in [3.8, 4) is 0 Å². The third kappa shape index (κ3) is 1.77. The van der Waals surface area contributed by atoms with Crippen LogP contribution < -0.4 is 4.90 Å². The van der Waals surface area contributed by atoms with E-state index in [2.05, 4.69) is 11.8 Å². The van der Waals surface area contributed by atoms with E-state index in [0.717, 1.165) is 17.8 Å². The van der Waals surface area contributed by atoms with Crippen molar-refractivity contribution in [3.05, 3.63) is 29.3 Å². The monoisotopic (exact) mass is 219 g/mol. The number of carboxylic acids is 1. The fourth-order valence-corrected chi connectivity index (χ4v) is 2.46. The van der Waals surface area contributed by atoms with Gasteiger partial charge in [0.15, 0.2) is 0 Å². The summed E-state index contributed by atoms with van der Waals surface area (Å²) in [6.45, 7) is 5.12. The van der Waals surface area contributed by atoms with E-state index in [1.54, 1.807) is 6.07 Å². The molecule has 0 bridgehead atoms. The number of carbonyl (C=O) groups is 1. The lowest BCUT2D eigenvalue weighted by molar-refractivity contribution is 0.0696. The van der Waals surface area contributed by atoms with Crippen molar-refractivity contribution in [2.24, 2.45) is 0 Å². The summed E-state index contributed by atoms with van der Waals surface area (Å²) in [6, 6.07) is 6.03. The predicted molar refractivity (Wildman–Crippen MR) is 64.2 cm³/mol. The Kier molecular flexibility index (Phi) is 2.86. The van der Waals surface area contributed by atoms with Crippen LogP contribution in [-0.2, 0) is 0 Å². The lowest BCUT2D eigenvalue weighted by atomic mass is 10.1. The van der Waals surface area contributed by atoms with Crippen LogP contribution in [0.2, 0.25) is 0 Å². The van der Waals surface area contributed by atoms with Gasteiger partial charge in [-0.1, -0.05) is 6.07 Å². The van der Waals surface area contributed by atoms with E-state index in [-0.39, 0.29) is 0 Å². The molecule has 1 aliphatic heterocycles. The molecular weight excluding hydrogens is 202 g/mol. The lowest BCUT2D eigenvalue weighted by Gasteiger charge is -2.26. The van der Waals surface area contributed by atoms with Crippen LogP contribution in [0.25, 0.3) is 0 Å². The molecule has 86 valence electrons. The summed E-state index contributed by atoms with van der Waals surface area (Å²) in [4.78, 5) is 13.4. The molecule has 0 aliphatic carbocycles. The van der Waals surface area contributed by atoms with Gasteiger partial charge in [0.1, 0.15) is 0 Å². The van der Waals surface area contributed by atoms with Gasteiger partial charge in [0, 0.05) is 18.3 Å². The molecule has 3 nitrogen and oxygen atoms in total. The van der Waals surface area contributed by atoms with Crippen molar-refractivity contribution in [2.75, 3.05) is 11.4 Å². The van der Waals surface area contributed by atoms with E-state index in [0.29, 0.717) is 11.6 Å². The smallest absolute Gasteiger partial charge is 0.336 e. The van der Waals surface area contributed by atoms with Gasteiger partial charge < -0.3 is 10.0 Å². The standard InChI is InChI=1S/C13H17NO2/c1-9-5-4-8-14(9)12-7-3-6-11(10(12)2)13(15)16/h3,6-7,9H,4-5,8H2,1-2H3,(H,15,16). The van der Waals surface area contributed by atoms with Crippen molar-refractivity contribution in [2.45, 2.75) is 32.7 Å². The summed E-state index contributed by atoms with van der Waals surface area (Å²) >= 11 is 0. The molecule has 1 unspecified atom stereocenters. The Morgan fingerprint density at radius 2 is 2.25 bits per heavy atom. The molecule has 0 radical (unpaired) electrons. The number of aromatic carboxylic acids is 1. The van der Waals surface area contributed by atoms with E-state index < -0.39 is 5.97 Å². The van der Waals surface area contributed by atoms with Crippen LogP contribution in [0.15, 0.2) is 18.2 Å². The molecule has 1 N–H and O–H groups in total. The van der Waals surface area contributed by atoms with Crippen molar-refractivity contribution in [1.29, 1.82) is 0 Å². The van der Waals surface area contributed by atoms with Crippen LogP contribution >= 0.6 is 0 Å². The van der Waals surface area contributed by atoms with Crippen LogP contribution in [0.4, 0.5) is 5.69 Å². The highest BCUT2D eigenvalue weighted by Gasteiger charge is 2.23. The first kappa shape index (κ1) is 11.0. The summed E-state index contributed by atoms with van der Waals surface area (Å²) in [7, 11) is 0. The van der Waals surface area contributed by atoms with Gasteiger partial charge in [-0.2, -0.15) is 0 Å². The fraction of sp³-hybridized carbons (Fsp3) is 0.462. The summed E-state index contributed by atoms with van der Waals surface area (Å²) in [5, 5.41) is 9.08. The van der Waals surface area contributed by atoms with Gasteiger partial charge in [-0.05, 0) is 44.4 Å². The number of benzene rings is 1. The molecule has 1 saturated heterocycles. The van der Waals surface area contributed by atoms with E-state index in [4.69, 9.17) is 5.11 Å². The maximum atomic E-state index is 11.1. The number of carboxylic acid groups (broad SMARTS) is 1. The minimum absolute atomic E-state index is 0.414. The van der Waals surface area contributed by atoms with Gasteiger partial charge in [-0.3, -0.25) is 0 Å². The maximum Gasteiger partial charge on any atom is 0.336 e. The molecule has 16 heavy (non-hydrogen) atoms. The number of rotatable bonds is 2. The maximum absolute atomic E-state index is 11.1. The van der Waals surface area contributed by atoms with E-state index in [1.165, 1.54) is 12.8 Å². The summed E-state index contributed by atoms with van der Waals surface area (Å²) in [6.07, 6.45) is 2.38. The molecule has 1 aromatic rings. The number of anilines is 1. The minimum atomic E-state index is -0.841. The van der Waals surface area contributed by atoms with Gasteiger partial charge in [0.05, 0.1) is 5.56 Å². The number of hydrogen-bond acceptors (Lipinski definition) is 2. The number of hydrogen-bond donors (Lipinski definition) is 1. The lowest BCUT2D eigenvalue weighted by Crippen LogP contribution is -2.27. The van der Waals surface area contributed by atoms with E-state index >= 15 is 0 Å². The molecule has 2 rings (SSSR count). The largest absolute Gasteiger partial charge is 0.478 e. The molecule has 0 saturated carbocycles. The normalized spacial score (nSPS) is 20.1. The minimum Gasteiger partial charge on any atom is -0.478 e. The zero-order chi connectivity index (χ0) is 11.7. The summed E-state index contributed by atoms with van der Waals surface area (Å²) < 4.78 is 0. The molecule has 0 aromatic heterocycles. The van der Waals surface area contributed by atoms with Crippen LogP contribution in [0.5, 0.6) is 0 Å². The van der Waals surface area contributed by atoms with Crippen molar-refractivity contribution in [1.82, 2.24) is 0 Å². The fourth-order valence-electron chi connectivity index (χ4n) is 2.46. The first-order chi connectivity index (χ1) is 7.61. The third-order valence-electron chi connectivity index (χ3n) is 3.40. The average Bonchev–Trinajstić information content (AvgIpc) is 2.64. The Labute approximate surface area is 95.7 Å². The van der Waals surface area contributed by atoms with Crippen LogP contribution in [0, 0.1) is 6.92 Å². The van der Waals surface area contributed by atoms with Gasteiger partial charge >= 0.3 is 5.97 Å². The Balaban J connectivity index is 2.41. The molecule has 0 spiro atoms. The second-order valence-electron chi connectivity index (χ2n) is 4.44. The van der Waals surface area contributed by atoms with Crippen LogP contribution in [-0.4, -0.2) is 23.7 Å². The van der Waals surface area contributed by atoms with Gasteiger partial charge in [-0.15, -0.1) is 0 Å². The Hall–Kier alpha value is -1.51. The Bertz CT molecular complexity index is 414. The summed E-state index contributed by atoms with van der Waals surface area (Å²) in [5.41, 5.74) is 2.37. The quantitative estimate of drug-likeness (QED) is 0.831. The zero-order valence-electron chi connectivity index (χ0n) is 9.73. The third-order valence-corrected chi connectivity index (χ3v) is 3.40. The van der Waals surface area contributed by atoms with Crippen molar-refractivity contribution < 1.29 is 9.90 Å². The SMILES string of the molecule is Cc1c(C(=O)O)cccc1N1CCCC1C. The van der Waals surface area contributed by atoms with Gasteiger partial charge in [0.2, 0.25) is 0 Å². The van der Waals surface area contributed by atoms with Crippen molar-refractivity contribution >= 4 is 11.7 Å². The Morgan fingerprint density at radius 3 is 2.81 bits per heavy atom. The highest BCUT2D eigenvalue weighted by Crippen LogP contribution is 2.29. The highest BCUT2D eigenvalue weighted by molar-refractivity contribution is 5.91. The second-order valence-corrected chi connectivity index (χ2v) is 4.44. The molecule has 1 heterocycles. The Morgan fingerprint density at radius 1 is 1.50 bits per heavy atom. The van der Waals surface area contributed by atoms with E-state index in [9.17, 15) is 4.79 Å². The molecule has 3 heteroatoms. The molecule has 1 atom stereocenters. The van der Waals surface area contributed by atoms with Crippen molar-refractivity contribution in [3.63, 3.8) is 0 Å². The molecule has 0 amide bonds. The average molecular weight is 219 g/mol. The predicted octanol–water partition coefficient (Wildman–Crippen LogP) is 2.68. The molecule has 1 fully saturated rings. The van der Waals surface area contributed by atoms with Crippen LogP contribution in [0.3, 0.4) is 0 Å². The topological polar surface area (TPSA) is 40.5 Å². The molecular formula is C13H17NO2. The molecule has 1 aliphatic rings. The zero-order valence-corrected chi connectivity index (χ0v) is 9.73. The van der Waals surface area contributed by atoms with Gasteiger partial charge in [-0.25, -0.2) is 4.79 Å². The first-order valence-electron chi connectivity index (χ1n) is 5.71.